The van der Waals surface area contributed by atoms with Gasteiger partial charge in [0.05, 0.1) is 5.69 Å². The van der Waals surface area contributed by atoms with Crippen molar-refractivity contribution in [3.8, 4) is 0 Å². The minimum absolute atomic E-state index is 0.275. The largest absolute Gasteiger partial charge is 0.326 e. The SMILES string of the molecule is CC(C)C[C@H]1NC(=O)N(CC(=O)Nc2ccc(Br)cc2Br)C1=O. The fourth-order valence-corrected chi connectivity index (χ4v) is 3.43. The molecule has 8 heteroatoms. The number of carbonyl (C=O) groups is 3. The van der Waals surface area contributed by atoms with Gasteiger partial charge in [0.25, 0.3) is 5.91 Å². The van der Waals surface area contributed by atoms with Gasteiger partial charge in [-0.25, -0.2) is 4.79 Å². The van der Waals surface area contributed by atoms with Crippen molar-refractivity contribution >= 4 is 55.4 Å². The highest BCUT2D eigenvalue weighted by atomic mass is 79.9. The predicted octanol–water partition coefficient (Wildman–Crippen LogP) is 3.12. The van der Waals surface area contributed by atoms with Crippen molar-refractivity contribution in [2.24, 2.45) is 5.92 Å². The van der Waals surface area contributed by atoms with Crippen LogP contribution in [0.1, 0.15) is 20.3 Å². The molecular formula is C15H17Br2N3O3. The Morgan fingerprint density at radius 3 is 2.65 bits per heavy atom. The van der Waals surface area contributed by atoms with Crippen LogP contribution >= 0.6 is 31.9 Å². The standard InChI is InChI=1S/C15H17Br2N3O3/c1-8(2)5-12-14(22)20(15(23)19-12)7-13(21)18-11-4-3-9(16)6-10(11)17/h3-4,6,8,12H,5,7H2,1-2H3,(H,18,21)(H,19,23)/t12-/m1/s1. The van der Waals surface area contributed by atoms with Crippen LogP contribution in [0.3, 0.4) is 0 Å². The Bertz CT molecular complexity index is 649. The third-order valence-corrected chi connectivity index (χ3v) is 4.47. The van der Waals surface area contributed by atoms with E-state index < -0.39 is 18.0 Å². The monoisotopic (exact) mass is 445 g/mol. The van der Waals surface area contributed by atoms with Gasteiger partial charge in [-0.3, -0.25) is 14.5 Å². The molecule has 1 fully saturated rings. The fourth-order valence-electron chi connectivity index (χ4n) is 2.28. The summed E-state index contributed by atoms with van der Waals surface area (Å²) in [6.45, 7) is 3.64. The Kier molecular flexibility index (Phi) is 5.80. The predicted molar refractivity (Wildman–Crippen MR) is 94.0 cm³/mol. The summed E-state index contributed by atoms with van der Waals surface area (Å²) in [6.07, 6.45) is 0.557. The quantitative estimate of drug-likeness (QED) is 0.682. The number of halogens is 2. The number of nitrogens with one attached hydrogen (secondary N) is 2. The van der Waals surface area contributed by atoms with Crippen molar-refractivity contribution in [2.75, 3.05) is 11.9 Å². The highest BCUT2D eigenvalue weighted by molar-refractivity contribution is 9.11. The van der Waals surface area contributed by atoms with Crippen LogP contribution in [-0.4, -0.2) is 35.3 Å². The second-order valence-electron chi connectivity index (χ2n) is 5.73. The van der Waals surface area contributed by atoms with Crippen LogP contribution in [-0.2, 0) is 9.59 Å². The summed E-state index contributed by atoms with van der Waals surface area (Å²) in [5, 5.41) is 5.30. The molecule has 0 unspecified atom stereocenters. The van der Waals surface area contributed by atoms with E-state index in [1.54, 1.807) is 18.2 Å². The van der Waals surface area contributed by atoms with Gasteiger partial charge < -0.3 is 10.6 Å². The minimum Gasteiger partial charge on any atom is -0.326 e. The molecule has 0 saturated carbocycles. The zero-order valence-corrected chi connectivity index (χ0v) is 15.9. The van der Waals surface area contributed by atoms with Crippen molar-refractivity contribution < 1.29 is 14.4 Å². The molecule has 0 radical (unpaired) electrons. The molecule has 2 N–H and O–H groups in total. The number of hydrogen-bond acceptors (Lipinski definition) is 3. The highest BCUT2D eigenvalue weighted by Gasteiger charge is 2.38. The number of amides is 4. The highest BCUT2D eigenvalue weighted by Crippen LogP contribution is 2.26. The third-order valence-electron chi connectivity index (χ3n) is 3.32. The average Bonchev–Trinajstić information content (AvgIpc) is 2.69. The zero-order chi connectivity index (χ0) is 17.1. The lowest BCUT2D eigenvalue weighted by molar-refractivity contribution is -0.131. The molecule has 23 heavy (non-hydrogen) atoms. The molecule has 0 aliphatic carbocycles. The van der Waals surface area contributed by atoms with E-state index in [-0.39, 0.29) is 18.4 Å². The normalized spacial score (nSPS) is 17.6. The smallest absolute Gasteiger partial charge is 0.325 e. The summed E-state index contributed by atoms with van der Waals surface area (Å²) in [4.78, 5) is 37.1. The van der Waals surface area contributed by atoms with Gasteiger partial charge in [0.2, 0.25) is 5.91 Å². The fraction of sp³-hybridized carbons (Fsp3) is 0.400. The second kappa shape index (κ2) is 7.44. The first-order chi connectivity index (χ1) is 10.8. The molecule has 1 aromatic rings. The number of nitrogens with zero attached hydrogens (tertiary/aromatic N) is 1. The first kappa shape index (κ1) is 17.9. The number of urea groups is 1. The van der Waals surface area contributed by atoms with Crippen LogP contribution in [0.4, 0.5) is 10.5 Å². The van der Waals surface area contributed by atoms with Crippen LogP contribution in [0.2, 0.25) is 0 Å². The van der Waals surface area contributed by atoms with E-state index in [0.717, 1.165) is 9.37 Å². The molecular weight excluding hydrogens is 430 g/mol. The number of rotatable bonds is 5. The lowest BCUT2D eigenvalue weighted by Gasteiger charge is -2.14. The Balaban J connectivity index is 1.99. The van der Waals surface area contributed by atoms with Crippen LogP contribution in [0, 0.1) is 5.92 Å². The molecule has 0 spiro atoms. The van der Waals surface area contributed by atoms with Gasteiger partial charge in [-0.15, -0.1) is 0 Å². The Labute approximate surface area is 151 Å². The molecule has 4 amide bonds. The van der Waals surface area contributed by atoms with Gasteiger partial charge in [-0.05, 0) is 46.5 Å². The van der Waals surface area contributed by atoms with E-state index in [0.29, 0.717) is 16.6 Å². The molecule has 1 aliphatic rings. The van der Waals surface area contributed by atoms with Gasteiger partial charge in [0, 0.05) is 8.95 Å². The molecule has 1 heterocycles. The molecule has 1 atom stereocenters. The molecule has 1 aliphatic heterocycles. The van der Waals surface area contributed by atoms with Crippen LogP contribution in [0.25, 0.3) is 0 Å². The Morgan fingerprint density at radius 2 is 2.04 bits per heavy atom. The van der Waals surface area contributed by atoms with E-state index in [2.05, 4.69) is 42.5 Å². The number of carbonyl (C=O) groups excluding carboxylic acids is 3. The Morgan fingerprint density at radius 1 is 1.35 bits per heavy atom. The van der Waals surface area contributed by atoms with E-state index in [9.17, 15) is 14.4 Å². The molecule has 1 saturated heterocycles. The van der Waals surface area contributed by atoms with Gasteiger partial charge in [-0.1, -0.05) is 29.8 Å². The molecule has 0 bridgehead atoms. The van der Waals surface area contributed by atoms with E-state index in [4.69, 9.17) is 0 Å². The van der Waals surface area contributed by atoms with Gasteiger partial charge >= 0.3 is 6.03 Å². The second-order valence-corrected chi connectivity index (χ2v) is 7.50. The van der Waals surface area contributed by atoms with Crippen molar-refractivity contribution in [2.45, 2.75) is 26.3 Å². The number of hydrogen-bond donors (Lipinski definition) is 2. The number of benzene rings is 1. The van der Waals surface area contributed by atoms with Crippen molar-refractivity contribution in [1.29, 1.82) is 0 Å². The van der Waals surface area contributed by atoms with E-state index in [1.165, 1.54) is 0 Å². The average molecular weight is 447 g/mol. The van der Waals surface area contributed by atoms with Crippen LogP contribution in [0.5, 0.6) is 0 Å². The van der Waals surface area contributed by atoms with Gasteiger partial charge in [0.15, 0.2) is 0 Å². The number of imide groups is 1. The summed E-state index contributed by atoms with van der Waals surface area (Å²) in [6, 6.07) is 4.23. The summed E-state index contributed by atoms with van der Waals surface area (Å²) in [7, 11) is 0. The summed E-state index contributed by atoms with van der Waals surface area (Å²) in [5.41, 5.74) is 0.573. The third kappa shape index (κ3) is 4.54. The maximum Gasteiger partial charge on any atom is 0.325 e. The number of anilines is 1. The molecule has 0 aromatic heterocycles. The summed E-state index contributed by atoms with van der Waals surface area (Å²) >= 11 is 6.67. The topological polar surface area (TPSA) is 78.5 Å². The molecule has 124 valence electrons. The Hall–Kier alpha value is -1.41. The maximum absolute atomic E-state index is 12.2. The molecule has 6 nitrogen and oxygen atoms in total. The lowest BCUT2D eigenvalue weighted by Crippen LogP contribution is -2.38. The maximum atomic E-state index is 12.2. The van der Waals surface area contributed by atoms with E-state index in [1.807, 2.05) is 13.8 Å². The minimum atomic E-state index is -0.547. The lowest BCUT2D eigenvalue weighted by atomic mass is 10.0. The van der Waals surface area contributed by atoms with Crippen LogP contribution < -0.4 is 10.6 Å². The first-order valence-electron chi connectivity index (χ1n) is 7.14. The van der Waals surface area contributed by atoms with Crippen LogP contribution in [0.15, 0.2) is 27.1 Å². The van der Waals surface area contributed by atoms with Crippen molar-refractivity contribution in [1.82, 2.24) is 10.2 Å². The van der Waals surface area contributed by atoms with Gasteiger partial charge in [0.1, 0.15) is 12.6 Å². The van der Waals surface area contributed by atoms with Crippen molar-refractivity contribution in [3.63, 3.8) is 0 Å². The summed E-state index contributed by atoms with van der Waals surface area (Å²) < 4.78 is 1.57. The summed E-state index contributed by atoms with van der Waals surface area (Å²) in [5.74, 6) is -0.507. The molecule has 1 aromatic carbocycles. The van der Waals surface area contributed by atoms with Crippen molar-refractivity contribution in [3.05, 3.63) is 27.1 Å². The molecule has 2 rings (SSSR count). The zero-order valence-electron chi connectivity index (χ0n) is 12.7. The first-order valence-corrected chi connectivity index (χ1v) is 8.73. The van der Waals surface area contributed by atoms with Gasteiger partial charge in [-0.2, -0.15) is 0 Å². The van der Waals surface area contributed by atoms with E-state index >= 15 is 0 Å².